The molecule has 0 radical (unpaired) electrons. The summed E-state index contributed by atoms with van der Waals surface area (Å²) in [7, 11) is 0. The molecule has 1 aromatic heterocycles. The maximum absolute atomic E-state index is 11.2. The second-order valence-electron chi connectivity index (χ2n) is 3.61. The zero-order chi connectivity index (χ0) is 10.6. The molecular weight excluding hydrogens is 182 g/mol. The van der Waals surface area contributed by atoms with Crippen LogP contribution in [0.5, 0.6) is 0 Å². The highest BCUT2D eigenvalue weighted by Crippen LogP contribution is 1.99. The van der Waals surface area contributed by atoms with Gasteiger partial charge in [0.1, 0.15) is 0 Å². The predicted octanol–water partition coefficient (Wildman–Crippen LogP) is 1.04. The van der Waals surface area contributed by atoms with Crippen molar-refractivity contribution in [2.75, 3.05) is 0 Å². The molecule has 14 heavy (non-hydrogen) atoms. The summed E-state index contributed by atoms with van der Waals surface area (Å²) in [6.07, 6.45) is 0.521. The largest absolute Gasteiger partial charge is 0.347 e. The summed E-state index contributed by atoms with van der Waals surface area (Å²) in [6.45, 7) is 6.04. The quantitative estimate of drug-likeness (QED) is 0.783. The molecular formula is C9H15N3O2. The lowest BCUT2D eigenvalue weighted by Crippen LogP contribution is -2.24. The standard InChI is InChI=1S/C9H15N3O2/c1-6(2)4-8(13)10-5-9-11-7(3)12-14-9/h6H,4-5H2,1-3H3,(H,10,13). The lowest BCUT2D eigenvalue weighted by Gasteiger charge is -2.03. The van der Waals surface area contributed by atoms with Gasteiger partial charge in [-0.15, -0.1) is 0 Å². The molecule has 1 amide bonds. The number of hydrogen-bond donors (Lipinski definition) is 1. The van der Waals surface area contributed by atoms with Crippen LogP contribution in [0.1, 0.15) is 32.0 Å². The molecule has 0 aliphatic heterocycles. The van der Waals surface area contributed by atoms with Gasteiger partial charge < -0.3 is 9.84 Å². The van der Waals surface area contributed by atoms with Gasteiger partial charge in [0.25, 0.3) is 0 Å². The van der Waals surface area contributed by atoms with Crippen LogP contribution in [0.2, 0.25) is 0 Å². The fourth-order valence-electron chi connectivity index (χ4n) is 1.03. The Balaban J connectivity index is 2.30. The van der Waals surface area contributed by atoms with Crippen LogP contribution in [0.3, 0.4) is 0 Å². The number of carbonyl (C=O) groups excluding carboxylic acids is 1. The van der Waals surface area contributed by atoms with Crippen LogP contribution in [0.15, 0.2) is 4.52 Å². The first-order valence-corrected chi connectivity index (χ1v) is 4.64. The van der Waals surface area contributed by atoms with Crippen LogP contribution in [0.4, 0.5) is 0 Å². The first-order valence-electron chi connectivity index (χ1n) is 4.64. The SMILES string of the molecule is Cc1noc(CNC(=O)CC(C)C)n1. The second-order valence-corrected chi connectivity index (χ2v) is 3.61. The molecule has 78 valence electrons. The number of nitrogens with one attached hydrogen (secondary N) is 1. The lowest BCUT2D eigenvalue weighted by atomic mass is 10.1. The summed E-state index contributed by atoms with van der Waals surface area (Å²) in [4.78, 5) is 15.2. The van der Waals surface area contributed by atoms with Crippen LogP contribution >= 0.6 is 0 Å². The van der Waals surface area contributed by atoms with E-state index in [1.54, 1.807) is 6.92 Å². The third kappa shape index (κ3) is 3.55. The van der Waals surface area contributed by atoms with E-state index in [2.05, 4.69) is 15.5 Å². The second kappa shape index (κ2) is 4.74. The smallest absolute Gasteiger partial charge is 0.246 e. The van der Waals surface area contributed by atoms with E-state index in [1.165, 1.54) is 0 Å². The molecule has 0 aliphatic rings. The summed E-state index contributed by atoms with van der Waals surface area (Å²) in [6, 6.07) is 0. The molecule has 0 saturated carbocycles. The summed E-state index contributed by atoms with van der Waals surface area (Å²) < 4.78 is 4.84. The molecule has 0 atom stereocenters. The van der Waals surface area contributed by atoms with Crippen LogP contribution in [0.25, 0.3) is 0 Å². The van der Waals surface area contributed by atoms with E-state index in [4.69, 9.17) is 4.52 Å². The van der Waals surface area contributed by atoms with Gasteiger partial charge >= 0.3 is 0 Å². The zero-order valence-corrected chi connectivity index (χ0v) is 8.70. The van der Waals surface area contributed by atoms with Crippen LogP contribution < -0.4 is 5.32 Å². The van der Waals surface area contributed by atoms with Gasteiger partial charge in [-0.2, -0.15) is 4.98 Å². The van der Waals surface area contributed by atoms with Crippen molar-refractivity contribution in [3.05, 3.63) is 11.7 Å². The molecule has 1 heterocycles. The Labute approximate surface area is 82.9 Å². The van der Waals surface area contributed by atoms with Crippen molar-refractivity contribution >= 4 is 5.91 Å². The summed E-state index contributed by atoms with van der Waals surface area (Å²) in [5, 5.41) is 6.33. The van der Waals surface area contributed by atoms with Gasteiger partial charge in [-0.1, -0.05) is 19.0 Å². The number of aryl methyl sites for hydroxylation is 1. The number of amides is 1. The van der Waals surface area contributed by atoms with Crippen molar-refractivity contribution in [1.29, 1.82) is 0 Å². The van der Waals surface area contributed by atoms with Crippen molar-refractivity contribution in [2.45, 2.75) is 33.7 Å². The Hall–Kier alpha value is -1.39. The number of hydrogen-bond acceptors (Lipinski definition) is 4. The van der Waals surface area contributed by atoms with Crippen LogP contribution in [0, 0.1) is 12.8 Å². The van der Waals surface area contributed by atoms with E-state index in [9.17, 15) is 4.79 Å². The highest BCUT2D eigenvalue weighted by Gasteiger charge is 2.07. The van der Waals surface area contributed by atoms with Gasteiger partial charge in [0.05, 0.1) is 6.54 Å². The number of rotatable bonds is 4. The Bertz CT molecular complexity index is 307. The fraction of sp³-hybridized carbons (Fsp3) is 0.667. The average molecular weight is 197 g/mol. The van der Waals surface area contributed by atoms with Crippen LogP contribution in [-0.4, -0.2) is 16.0 Å². The molecule has 0 bridgehead atoms. The molecule has 0 fully saturated rings. The minimum atomic E-state index is 0.0100. The minimum Gasteiger partial charge on any atom is -0.347 e. The van der Waals surface area contributed by atoms with Crippen molar-refractivity contribution in [3.63, 3.8) is 0 Å². The van der Waals surface area contributed by atoms with Gasteiger partial charge in [-0.3, -0.25) is 4.79 Å². The van der Waals surface area contributed by atoms with E-state index in [0.29, 0.717) is 30.6 Å². The Morgan fingerprint density at radius 2 is 2.29 bits per heavy atom. The summed E-state index contributed by atoms with van der Waals surface area (Å²) >= 11 is 0. The van der Waals surface area contributed by atoms with Crippen molar-refractivity contribution < 1.29 is 9.32 Å². The van der Waals surface area contributed by atoms with E-state index in [0.717, 1.165) is 0 Å². The van der Waals surface area contributed by atoms with Crippen molar-refractivity contribution in [3.8, 4) is 0 Å². The maximum Gasteiger partial charge on any atom is 0.246 e. The molecule has 1 N–H and O–H groups in total. The molecule has 5 heteroatoms. The minimum absolute atomic E-state index is 0.0100. The van der Waals surface area contributed by atoms with Crippen molar-refractivity contribution in [1.82, 2.24) is 15.5 Å². The number of carbonyl (C=O) groups is 1. The van der Waals surface area contributed by atoms with E-state index < -0.39 is 0 Å². The Morgan fingerprint density at radius 3 is 2.79 bits per heavy atom. The van der Waals surface area contributed by atoms with Gasteiger partial charge in [0.2, 0.25) is 11.8 Å². The Kier molecular flexibility index (Phi) is 3.62. The summed E-state index contributed by atoms with van der Waals surface area (Å²) in [5.41, 5.74) is 0. The van der Waals surface area contributed by atoms with Gasteiger partial charge in [0, 0.05) is 6.42 Å². The molecule has 5 nitrogen and oxygen atoms in total. The average Bonchev–Trinajstić information content (AvgIpc) is 2.47. The topological polar surface area (TPSA) is 68.0 Å². The normalized spacial score (nSPS) is 10.6. The van der Waals surface area contributed by atoms with Crippen molar-refractivity contribution in [2.24, 2.45) is 5.92 Å². The van der Waals surface area contributed by atoms with Crippen LogP contribution in [-0.2, 0) is 11.3 Å². The maximum atomic E-state index is 11.2. The molecule has 0 aliphatic carbocycles. The van der Waals surface area contributed by atoms with Gasteiger partial charge in [0.15, 0.2) is 5.82 Å². The first-order chi connectivity index (χ1) is 6.58. The molecule has 1 aromatic rings. The monoisotopic (exact) mass is 197 g/mol. The van der Waals surface area contributed by atoms with Gasteiger partial charge in [-0.05, 0) is 12.8 Å². The van der Waals surface area contributed by atoms with E-state index in [-0.39, 0.29) is 5.91 Å². The number of aromatic nitrogens is 2. The van der Waals surface area contributed by atoms with Gasteiger partial charge in [-0.25, -0.2) is 0 Å². The predicted molar refractivity (Wildman–Crippen MR) is 50.3 cm³/mol. The van der Waals surface area contributed by atoms with E-state index in [1.807, 2.05) is 13.8 Å². The Morgan fingerprint density at radius 1 is 1.57 bits per heavy atom. The van der Waals surface area contributed by atoms with E-state index >= 15 is 0 Å². The number of nitrogens with zero attached hydrogens (tertiary/aromatic N) is 2. The molecule has 1 rings (SSSR count). The highest BCUT2D eigenvalue weighted by molar-refractivity contribution is 5.75. The molecule has 0 saturated heterocycles. The summed E-state index contributed by atoms with van der Waals surface area (Å²) in [5.74, 6) is 1.40. The highest BCUT2D eigenvalue weighted by atomic mass is 16.5. The fourth-order valence-corrected chi connectivity index (χ4v) is 1.03. The third-order valence-corrected chi connectivity index (χ3v) is 1.60. The zero-order valence-electron chi connectivity index (χ0n) is 8.70. The molecule has 0 spiro atoms. The third-order valence-electron chi connectivity index (χ3n) is 1.60. The lowest BCUT2D eigenvalue weighted by molar-refractivity contribution is -0.122. The molecule has 0 unspecified atom stereocenters. The first kappa shape index (κ1) is 10.7. The molecule has 0 aromatic carbocycles.